The number of para-hydroxylation sites is 1. The van der Waals surface area contributed by atoms with Crippen LogP contribution in [0.5, 0.6) is 0 Å². The summed E-state index contributed by atoms with van der Waals surface area (Å²) in [5.74, 6) is 6.40. The van der Waals surface area contributed by atoms with Crippen molar-refractivity contribution in [3.05, 3.63) is 30.3 Å². The quantitative estimate of drug-likeness (QED) is 0.579. The molecule has 1 N–H and O–H groups in total. The van der Waals surface area contributed by atoms with Gasteiger partial charge in [-0.1, -0.05) is 37.5 Å². The molecule has 0 saturated carbocycles. The number of anilines is 1. The molecule has 1 nitrogen and oxygen atoms in total. The summed E-state index contributed by atoms with van der Waals surface area (Å²) in [6, 6.07) is 10.4. The molecule has 0 radical (unpaired) electrons. The van der Waals surface area contributed by atoms with Crippen LogP contribution in [0.2, 0.25) is 0 Å². The standard InChI is InChI=1S/C14H19N/c1-3-4-5-7-10-13(2)15-14-11-8-6-9-12-14/h6,8-9,11-13,15H,3-5H2,1-2H3. The first kappa shape index (κ1) is 11.7. The highest BCUT2D eigenvalue weighted by atomic mass is 14.9. The summed E-state index contributed by atoms with van der Waals surface area (Å²) < 4.78 is 0. The van der Waals surface area contributed by atoms with Gasteiger partial charge in [-0.3, -0.25) is 0 Å². The summed E-state index contributed by atoms with van der Waals surface area (Å²) in [4.78, 5) is 0. The van der Waals surface area contributed by atoms with Gasteiger partial charge in [-0.2, -0.15) is 0 Å². The molecule has 1 aromatic carbocycles. The van der Waals surface area contributed by atoms with Gasteiger partial charge in [-0.15, -0.1) is 5.92 Å². The van der Waals surface area contributed by atoms with E-state index in [4.69, 9.17) is 0 Å². The molecule has 1 unspecified atom stereocenters. The smallest absolute Gasteiger partial charge is 0.0848 e. The molecule has 0 heterocycles. The van der Waals surface area contributed by atoms with Gasteiger partial charge >= 0.3 is 0 Å². The first-order valence-electron chi connectivity index (χ1n) is 5.63. The highest BCUT2D eigenvalue weighted by Gasteiger charge is 1.94. The molecule has 0 aliphatic carbocycles. The van der Waals surface area contributed by atoms with E-state index in [-0.39, 0.29) is 6.04 Å². The Bertz CT molecular complexity index is 318. The Kier molecular flexibility index (Phi) is 5.40. The number of hydrogen-bond acceptors (Lipinski definition) is 1. The largest absolute Gasteiger partial charge is 0.372 e. The predicted octanol–water partition coefficient (Wildman–Crippen LogP) is 3.68. The van der Waals surface area contributed by atoms with Crippen LogP contribution in [0.15, 0.2) is 30.3 Å². The zero-order chi connectivity index (χ0) is 10.9. The molecule has 0 aromatic heterocycles. The van der Waals surface area contributed by atoms with Crippen LogP contribution in [0.3, 0.4) is 0 Å². The molecular weight excluding hydrogens is 182 g/mol. The Balaban J connectivity index is 2.35. The molecule has 0 amide bonds. The van der Waals surface area contributed by atoms with Gasteiger partial charge in [0.2, 0.25) is 0 Å². The average Bonchev–Trinajstić information content (AvgIpc) is 2.26. The van der Waals surface area contributed by atoms with Gasteiger partial charge in [0, 0.05) is 12.1 Å². The molecule has 80 valence electrons. The Morgan fingerprint density at radius 2 is 2.00 bits per heavy atom. The molecule has 0 aliphatic rings. The van der Waals surface area contributed by atoms with Crippen LogP contribution in [0.4, 0.5) is 5.69 Å². The third kappa shape index (κ3) is 5.12. The van der Waals surface area contributed by atoms with Crippen molar-refractivity contribution in [2.45, 2.75) is 39.2 Å². The van der Waals surface area contributed by atoms with Crippen LogP contribution in [-0.4, -0.2) is 6.04 Å². The van der Waals surface area contributed by atoms with E-state index in [1.54, 1.807) is 0 Å². The van der Waals surface area contributed by atoms with E-state index < -0.39 is 0 Å². The lowest BCUT2D eigenvalue weighted by molar-refractivity contribution is 0.826. The number of nitrogens with one attached hydrogen (secondary N) is 1. The van der Waals surface area contributed by atoms with Crippen LogP contribution in [0, 0.1) is 11.8 Å². The van der Waals surface area contributed by atoms with E-state index in [9.17, 15) is 0 Å². The van der Waals surface area contributed by atoms with E-state index in [0.717, 1.165) is 12.1 Å². The highest BCUT2D eigenvalue weighted by Crippen LogP contribution is 2.06. The van der Waals surface area contributed by atoms with Gasteiger partial charge in [0.1, 0.15) is 0 Å². The minimum Gasteiger partial charge on any atom is -0.372 e. The lowest BCUT2D eigenvalue weighted by Gasteiger charge is -2.08. The SMILES string of the molecule is CCCCC#CC(C)Nc1ccccc1. The minimum atomic E-state index is 0.226. The maximum Gasteiger partial charge on any atom is 0.0848 e. The van der Waals surface area contributed by atoms with Crippen molar-refractivity contribution in [2.75, 3.05) is 5.32 Å². The van der Waals surface area contributed by atoms with E-state index >= 15 is 0 Å². The van der Waals surface area contributed by atoms with Crippen LogP contribution in [-0.2, 0) is 0 Å². The molecule has 1 atom stereocenters. The first-order valence-corrected chi connectivity index (χ1v) is 5.63. The van der Waals surface area contributed by atoms with Gasteiger partial charge in [0.25, 0.3) is 0 Å². The second-order valence-electron chi connectivity index (χ2n) is 3.66. The molecule has 1 rings (SSSR count). The van der Waals surface area contributed by atoms with Gasteiger partial charge in [0.15, 0.2) is 0 Å². The second kappa shape index (κ2) is 6.95. The number of rotatable bonds is 4. The maximum atomic E-state index is 3.35. The number of unbranched alkanes of at least 4 members (excludes halogenated alkanes) is 2. The van der Waals surface area contributed by atoms with Gasteiger partial charge in [-0.05, 0) is 25.5 Å². The molecule has 0 spiro atoms. The molecular formula is C14H19N. The zero-order valence-electron chi connectivity index (χ0n) is 9.59. The van der Waals surface area contributed by atoms with Crippen molar-refractivity contribution in [1.29, 1.82) is 0 Å². The van der Waals surface area contributed by atoms with E-state index in [2.05, 4.69) is 43.1 Å². The van der Waals surface area contributed by atoms with Gasteiger partial charge < -0.3 is 5.32 Å². The molecule has 15 heavy (non-hydrogen) atoms. The topological polar surface area (TPSA) is 12.0 Å². The minimum absolute atomic E-state index is 0.226. The van der Waals surface area contributed by atoms with E-state index in [1.807, 2.05) is 18.2 Å². The van der Waals surface area contributed by atoms with Crippen LogP contribution >= 0.6 is 0 Å². The summed E-state index contributed by atoms with van der Waals surface area (Å²) in [7, 11) is 0. The molecule has 0 aliphatic heterocycles. The van der Waals surface area contributed by atoms with Crippen LogP contribution in [0.1, 0.15) is 33.1 Å². The first-order chi connectivity index (χ1) is 7.33. The van der Waals surface area contributed by atoms with Crippen molar-refractivity contribution in [3.8, 4) is 11.8 Å². The van der Waals surface area contributed by atoms with Crippen molar-refractivity contribution in [3.63, 3.8) is 0 Å². The van der Waals surface area contributed by atoms with Crippen molar-refractivity contribution >= 4 is 5.69 Å². The van der Waals surface area contributed by atoms with Gasteiger partial charge in [0.05, 0.1) is 6.04 Å². The van der Waals surface area contributed by atoms with Crippen molar-refractivity contribution < 1.29 is 0 Å². The Hall–Kier alpha value is -1.42. The molecule has 0 bridgehead atoms. The van der Waals surface area contributed by atoms with Crippen LogP contribution in [0.25, 0.3) is 0 Å². The lowest BCUT2D eigenvalue weighted by Crippen LogP contribution is -2.11. The Morgan fingerprint density at radius 1 is 1.27 bits per heavy atom. The summed E-state index contributed by atoms with van der Waals surface area (Å²) in [5.41, 5.74) is 1.13. The zero-order valence-corrected chi connectivity index (χ0v) is 9.59. The van der Waals surface area contributed by atoms with Crippen molar-refractivity contribution in [1.82, 2.24) is 0 Å². The average molecular weight is 201 g/mol. The predicted molar refractivity (Wildman–Crippen MR) is 66.8 cm³/mol. The molecule has 0 saturated heterocycles. The third-order valence-electron chi connectivity index (χ3n) is 2.13. The number of hydrogen-bond donors (Lipinski definition) is 1. The summed E-state index contributed by atoms with van der Waals surface area (Å²) in [6.45, 7) is 4.28. The molecule has 1 aromatic rings. The fraction of sp³-hybridized carbons (Fsp3) is 0.429. The summed E-state index contributed by atoms with van der Waals surface area (Å²) in [5, 5.41) is 3.35. The summed E-state index contributed by atoms with van der Waals surface area (Å²) >= 11 is 0. The van der Waals surface area contributed by atoms with Crippen LogP contribution < -0.4 is 5.32 Å². The van der Waals surface area contributed by atoms with E-state index in [0.29, 0.717) is 0 Å². The molecule has 0 fully saturated rings. The van der Waals surface area contributed by atoms with E-state index in [1.165, 1.54) is 12.8 Å². The third-order valence-corrected chi connectivity index (χ3v) is 2.13. The monoisotopic (exact) mass is 201 g/mol. The highest BCUT2D eigenvalue weighted by molar-refractivity contribution is 5.44. The lowest BCUT2D eigenvalue weighted by atomic mass is 10.2. The molecule has 1 heteroatoms. The van der Waals surface area contributed by atoms with Crippen molar-refractivity contribution in [2.24, 2.45) is 0 Å². The Labute approximate surface area is 92.9 Å². The maximum absolute atomic E-state index is 3.35. The Morgan fingerprint density at radius 3 is 2.67 bits per heavy atom. The normalized spacial score (nSPS) is 11.3. The van der Waals surface area contributed by atoms with Gasteiger partial charge in [-0.25, -0.2) is 0 Å². The summed E-state index contributed by atoms with van der Waals surface area (Å²) in [6.07, 6.45) is 3.43. The fourth-order valence-electron chi connectivity index (χ4n) is 1.31. The number of benzene rings is 1. The second-order valence-corrected chi connectivity index (χ2v) is 3.66. The fourth-order valence-corrected chi connectivity index (χ4v) is 1.31.